The minimum absolute atomic E-state index is 0.0405. The van der Waals surface area contributed by atoms with Crippen molar-refractivity contribution >= 4 is 44.2 Å². The van der Waals surface area contributed by atoms with E-state index in [1.165, 1.54) is 11.3 Å². The van der Waals surface area contributed by atoms with Gasteiger partial charge in [-0.05, 0) is 54.3 Å². The molecule has 2 aromatic carbocycles. The van der Waals surface area contributed by atoms with Gasteiger partial charge in [0.25, 0.3) is 0 Å². The Bertz CT molecular complexity index is 1200. The lowest BCUT2D eigenvalue weighted by Crippen LogP contribution is -2.31. The van der Waals surface area contributed by atoms with Gasteiger partial charge in [-0.25, -0.2) is 4.98 Å². The quantitative estimate of drug-likeness (QED) is 0.374. The largest absolute Gasteiger partial charge is 0.496 e. The van der Waals surface area contributed by atoms with Gasteiger partial charge in [0.05, 0.1) is 35.3 Å². The molecule has 0 aliphatic carbocycles. The summed E-state index contributed by atoms with van der Waals surface area (Å²) in [7, 11) is 1.64. The first-order chi connectivity index (χ1) is 15.0. The molecule has 4 rings (SSSR count). The lowest BCUT2D eigenvalue weighted by atomic mass is 10.1. The van der Waals surface area contributed by atoms with E-state index in [1.54, 1.807) is 24.4 Å². The van der Waals surface area contributed by atoms with Crippen molar-refractivity contribution in [3.05, 3.63) is 82.1 Å². The van der Waals surface area contributed by atoms with Gasteiger partial charge in [0, 0.05) is 12.4 Å². The molecule has 0 fully saturated rings. The Kier molecular flexibility index (Phi) is 6.20. The molecule has 0 saturated heterocycles. The molecule has 0 atom stereocenters. The first kappa shape index (κ1) is 21.3. The van der Waals surface area contributed by atoms with Crippen molar-refractivity contribution in [3.8, 4) is 5.75 Å². The van der Waals surface area contributed by atoms with Gasteiger partial charge in [-0.15, -0.1) is 0 Å². The maximum atomic E-state index is 13.4. The lowest BCUT2D eigenvalue weighted by molar-refractivity contribution is -0.118. The Morgan fingerprint density at radius 2 is 1.97 bits per heavy atom. The summed E-state index contributed by atoms with van der Waals surface area (Å²) in [5.41, 5.74) is 4.71. The number of hydrogen-bond acceptors (Lipinski definition) is 5. The van der Waals surface area contributed by atoms with Crippen molar-refractivity contribution in [1.29, 1.82) is 0 Å². The minimum atomic E-state index is -0.0405. The van der Waals surface area contributed by atoms with Crippen LogP contribution in [0.15, 0.2) is 54.9 Å². The summed E-state index contributed by atoms with van der Waals surface area (Å²) in [4.78, 5) is 24.1. The van der Waals surface area contributed by atoms with E-state index >= 15 is 0 Å². The van der Waals surface area contributed by atoms with Gasteiger partial charge in [-0.2, -0.15) is 0 Å². The summed E-state index contributed by atoms with van der Waals surface area (Å²) in [6.07, 6.45) is 3.74. The highest BCUT2D eigenvalue weighted by molar-refractivity contribution is 7.23. The average molecular weight is 452 g/mol. The third-order valence-corrected chi connectivity index (χ3v) is 6.63. The van der Waals surface area contributed by atoms with Gasteiger partial charge in [0.15, 0.2) is 5.13 Å². The molecule has 0 spiro atoms. The van der Waals surface area contributed by atoms with E-state index in [2.05, 4.69) is 4.98 Å². The number of carbonyl (C=O) groups is 1. The molecule has 0 radical (unpaired) electrons. The van der Waals surface area contributed by atoms with Gasteiger partial charge in [-0.3, -0.25) is 14.7 Å². The zero-order chi connectivity index (χ0) is 22.0. The Morgan fingerprint density at radius 3 is 2.65 bits per heavy atom. The second-order valence-electron chi connectivity index (χ2n) is 7.36. The number of pyridine rings is 1. The van der Waals surface area contributed by atoms with Crippen LogP contribution in [-0.4, -0.2) is 23.0 Å². The van der Waals surface area contributed by atoms with Crippen molar-refractivity contribution in [2.45, 2.75) is 26.8 Å². The van der Waals surface area contributed by atoms with E-state index in [9.17, 15) is 4.79 Å². The zero-order valence-corrected chi connectivity index (χ0v) is 19.1. The van der Waals surface area contributed by atoms with Crippen LogP contribution in [0.1, 0.15) is 22.3 Å². The van der Waals surface area contributed by atoms with E-state index in [0.29, 0.717) is 16.7 Å². The highest BCUT2D eigenvalue weighted by Crippen LogP contribution is 2.36. The van der Waals surface area contributed by atoms with E-state index in [4.69, 9.17) is 21.3 Å². The Hall–Kier alpha value is -2.96. The molecule has 0 saturated carbocycles. The second-order valence-corrected chi connectivity index (χ2v) is 8.75. The number of ether oxygens (including phenoxy) is 1. The molecule has 0 aliphatic heterocycles. The summed E-state index contributed by atoms with van der Waals surface area (Å²) in [5.74, 6) is 0.765. The van der Waals surface area contributed by atoms with Gasteiger partial charge >= 0.3 is 0 Å². The molecule has 0 N–H and O–H groups in total. The minimum Gasteiger partial charge on any atom is -0.496 e. The highest BCUT2D eigenvalue weighted by atomic mass is 35.5. The maximum absolute atomic E-state index is 13.4. The van der Waals surface area contributed by atoms with E-state index in [-0.39, 0.29) is 12.3 Å². The topological polar surface area (TPSA) is 55.3 Å². The standard InChI is InChI=1S/C24H22ClN3O2S/c1-15-6-8-19(25)23-22(15)27-24(31-23)28(14-18-5-4-10-26-13-18)21(29)12-17-7-9-20(30-3)16(2)11-17/h4-11,13H,12,14H2,1-3H3. The SMILES string of the molecule is COc1ccc(CC(=O)N(Cc2cccnc2)c2nc3c(C)ccc(Cl)c3s2)cc1C. The molecule has 31 heavy (non-hydrogen) atoms. The third-order valence-electron chi connectivity index (χ3n) is 5.10. The molecule has 2 aromatic heterocycles. The molecule has 4 aromatic rings. The summed E-state index contributed by atoms with van der Waals surface area (Å²) in [6, 6.07) is 13.4. The van der Waals surface area contributed by atoms with Gasteiger partial charge in [0.1, 0.15) is 5.75 Å². The van der Waals surface area contributed by atoms with Crippen LogP contribution in [-0.2, 0) is 17.8 Å². The van der Waals surface area contributed by atoms with E-state index < -0.39 is 0 Å². The van der Waals surface area contributed by atoms with Gasteiger partial charge in [0.2, 0.25) is 5.91 Å². The van der Waals surface area contributed by atoms with Gasteiger partial charge < -0.3 is 4.74 Å². The van der Waals surface area contributed by atoms with Gasteiger partial charge in [-0.1, -0.05) is 47.2 Å². The van der Waals surface area contributed by atoms with Crippen molar-refractivity contribution in [2.75, 3.05) is 12.0 Å². The van der Waals surface area contributed by atoms with Crippen molar-refractivity contribution in [1.82, 2.24) is 9.97 Å². The molecule has 0 unspecified atom stereocenters. The first-order valence-corrected chi connectivity index (χ1v) is 11.0. The molecule has 7 heteroatoms. The van der Waals surface area contributed by atoms with Crippen molar-refractivity contribution in [2.24, 2.45) is 0 Å². The van der Waals surface area contributed by atoms with Crippen molar-refractivity contribution < 1.29 is 9.53 Å². The number of methoxy groups -OCH3 is 1. The number of aryl methyl sites for hydroxylation is 2. The van der Waals surface area contributed by atoms with Crippen LogP contribution < -0.4 is 9.64 Å². The van der Waals surface area contributed by atoms with Crippen LogP contribution in [0.25, 0.3) is 10.2 Å². The predicted molar refractivity (Wildman–Crippen MR) is 126 cm³/mol. The summed E-state index contributed by atoms with van der Waals surface area (Å²) in [6.45, 7) is 4.35. The summed E-state index contributed by atoms with van der Waals surface area (Å²) in [5, 5.41) is 1.27. The number of anilines is 1. The molecule has 5 nitrogen and oxygen atoms in total. The number of rotatable bonds is 6. The number of thiazole rings is 1. The predicted octanol–water partition coefficient (Wildman–Crippen LogP) is 5.75. The number of carbonyl (C=O) groups excluding carboxylic acids is 1. The van der Waals surface area contributed by atoms with Crippen LogP contribution in [0.3, 0.4) is 0 Å². The monoisotopic (exact) mass is 451 g/mol. The molecule has 1 amide bonds. The number of aromatic nitrogens is 2. The fourth-order valence-electron chi connectivity index (χ4n) is 3.46. The fraction of sp³-hybridized carbons (Fsp3) is 0.208. The molecule has 2 heterocycles. The van der Waals surface area contributed by atoms with Crippen LogP contribution in [0.5, 0.6) is 5.75 Å². The van der Waals surface area contributed by atoms with E-state index in [1.807, 2.05) is 56.3 Å². The first-order valence-electron chi connectivity index (χ1n) is 9.84. The molecule has 158 valence electrons. The fourth-order valence-corrected chi connectivity index (χ4v) is 4.80. The van der Waals surface area contributed by atoms with Crippen molar-refractivity contribution in [3.63, 3.8) is 0 Å². The third kappa shape index (κ3) is 4.55. The van der Waals surface area contributed by atoms with Crippen LogP contribution in [0.4, 0.5) is 5.13 Å². The Labute approximate surface area is 190 Å². The number of fused-ring (bicyclic) bond motifs is 1. The zero-order valence-electron chi connectivity index (χ0n) is 17.6. The number of halogens is 1. The number of benzene rings is 2. The lowest BCUT2D eigenvalue weighted by Gasteiger charge is -2.20. The normalized spacial score (nSPS) is 11.0. The Morgan fingerprint density at radius 1 is 1.13 bits per heavy atom. The number of amides is 1. The summed E-state index contributed by atoms with van der Waals surface area (Å²) < 4.78 is 6.22. The molecular formula is C24H22ClN3O2S. The Balaban J connectivity index is 1.70. The van der Waals surface area contributed by atoms with Crippen LogP contribution in [0.2, 0.25) is 5.02 Å². The highest BCUT2D eigenvalue weighted by Gasteiger charge is 2.22. The molecule has 0 bridgehead atoms. The average Bonchev–Trinajstić information content (AvgIpc) is 3.22. The second kappa shape index (κ2) is 9.04. The number of nitrogens with zero attached hydrogens (tertiary/aromatic N) is 3. The molecule has 0 aliphatic rings. The maximum Gasteiger partial charge on any atom is 0.233 e. The van der Waals surface area contributed by atoms with E-state index in [0.717, 1.165) is 38.2 Å². The van der Waals surface area contributed by atoms with Crippen LogP contribution >= 0.6 is 22.9 Å². The number of hydrogen-bond donors (Lipinski definition) is 0. The molecular weight excluding hydrogens is 430 g/mol. The summed E-state index contributed by atoms with van der Waals surface area (Å²) >= 11 is 7.84. The van der Waals surface area contributed by atoms with Crippen LogP contribution in [0, 0.1) is 13.8 Å². The smallest absolute Gasteiger partial charge is 0.233 e.